The predicted octanol–water partition coefficient (Wildman–Crippen LogP) is 0.977. The minimum atomic E-state index is -0.138. The van der Waals surface area contributed by atoms with Crippen molar-refractivity contribution in [2.24, 2.45) is 0 Å². The van der Waals surface area contributed by atoms with Gasteiger partial charge in [0.15, 0.2) is 0 Å². The highest BCUT2D eigenvalue weighted by Crippen LogP contribution is 2.23. The largest absolute Gasteiger partial charge is 0.352 e. The van der Waals surface area contributed by atoms with E-state index < -0.39 is 0 Å². The summed E-state index contributed by atoms with van der Waals surface area (Å²) in [7, 11) is 0. The molecule has 0 aliphatic carbocycles. The topological polar surface area (TPSA) is 66.9 Å². The second-order valence-electron chi connectivity index (χ2n) is 4.31. The molecule has 2 aromatic rings. The first-order valence-electron chi connectivity index (χ1n) is 5.93. The predicted molar refractivity (Wildman–Crippen MR) is 67.4 cm³/mol. The Kier molecular flexibility index (Phi) is 2.51. The molecule has 5 heteroatoms. The number of hydrogen-bond donors (Lipinski definition) is 2. The highest BCUT2D eigenvalue weighted by molar-refractivity contribution is 6.00. The van der Waals surface area contributed by atoms with Crippen molar-refractivity contribution in [3.63, 3.8) is 0 Å². The summed E-state index contributed by atoms with van der Waals surface area (Å²) in [4.78, 5) is 23.5. The van der Waals surface area contributed by atoms with E-state index in [4.69, 9.17) is 0 Å². The molecule has 1 amide bonds. The van der Waals surface area contributed by atoms with Crippen molar-refractivity contribution in [1.82, 2.24) is 15.1 Å². The Hall–Kier alpha value is -2.30. The van der Waals surface area contributed by atoms with Gasteiger partial charge in [0.2, 0.25) is 0 Å². The summed E-state index contributed by atoms with van der Waals surface area (Å²) in [6, 6.07) is 8.87. The van der Waals surface area contributed by atoms with Crippen molar-refractivity contribution >= 4 is 5.91 Å². The molecule has 0 saturated heterocycles. The number of carbonyl (C=O) groups is 1. The minimum Gasteiger partial charge on any atom is -0.352 e. The Morgan fingerprint density at radius 3 is 2.72 bits per heavy atom. The molecule has 18 heavy (non-hydrogen) atoms. The molecule has 0 unspecified atom stereocenters. The lowest BCUT2D eigenvalue weighted by Crippen LogP contribution is -2.24. The normalized spacial score (nSPS) is 14.8. The number of nitrogens with one attached hydrogen (secondary N) is 2. The van der Waals surface area contributed by atoms with Gasteiger partial charge < -0.3 is 5.32 Å². The van der Waals surface area contributed by atoms with Crippen LogP contribution in [0.4, 0.5) is 0 Å². The Balaban J connectivity index is 2.26. The van der Waals surface area contributed by atoms with Crippen molar-refractivity contribution in [2.45, 2.75) is 13.0 Å². The molecule has 2 heterocycles. The molecule has 1 aromatic heterocycles. The highest BCUT2D eigenvalue weighted by Gasteiger charge is 2.17. The van der Waals surface area contributed by atoms with E-state index in [1.54, 1.807) is 10.7 Å². The molecule has 1 aromatic carbocycles. The average molecular weight is 243 g/mol. The van der Waals surface area contributed by atoms with Crippen LogP contribution in [0.5, 0.6) is 0 Å². The van der Waals surface area contributed by atoms with E-state index >= 15 is 0 Å². The lowest BCUT2D eigenvalue weighted by atomic mass is 10.0. The second kappa shape index (κ2) is 4.18. The zero-order chi connectivity index (χ0) is 12.5. The van der Waals surface area contributed by atoms with Crippen LogP contribution in [0.3, 0.4) is 0 Å². The average Bonchev–Trinajstić information content (AvgIpc) is 2.76. The van der Waals surface area contributed by atoms with Crippen LogP contribution in [0.15, 0.2) is 35.1 Å². The van der Waals surface area contributed by atoms with Gasteiger partial charge in [0.1, 0.15) is 0 Å². The number of hydrogen-bond acceptors (Lipinski definition) is 2. The van der Waals surface area contributed by atoms with Crippen molar-refractivity contribution in [1.29, 1.82) is 0 Å². The fourth-order valence-electron chi connectivity index (χ4n) is 2.27. The molecule has 0 spiro atoms. The van der Waals surface area contributed by atoms with Crippen molar-refractivity contribution in [3.8, 4) is 11.3 Å². The number of carbonyl (C=O) groups excluding carboxylic acids is 1. The van der Waals surface area contributed by atoms with Crippen LogP contribution >= 0.6 is 0 Å². The maximum Gasteiger partial charge on any atom is 0.264 e. The van der Waals surface area contributed by atoms with Crippen LogP contribution in [0.25, 0.3) is 11.3 Å². The maximum atomic E-state index is 12.0. The van der Waals surface area contributed by atoms with Gasteiger partial charge >= 0.3 is 0 Å². The lowest BCUT2D eigenvalue weighted by molar-refractivity contribution is 0.0954. The van der Waals surface area contributed by atoms with Crippen LogP contribution in [0.1, 0.15) is 16.8 Å². The first-order valence-corrected chi connectivity index (χ1v) is 5.93. The lowest BCUT2D eigenvalue weighted by Gasteiger charge is -2.08. The van der Waals surface area contributed by atoms with E-state index in [1.165, 1.54) is 6.07 Å². The molecule has 0 fully saturated rings. The summed E-state index contributed by atoms with van der Waals surface area (Å²) < 4.78 is 1.81. The van der Waals surface area contributed by atoms with Crippen LogP contribution < -0.4 is 10.9 Å². The molecule has 5 nitrogen and oxygen atoms in total. The summed E-state index contributed by atoms with van der Waals surface area (Å²) in [5.41, 5.74) is 2.02. The van der Waals surface area contributed by atoms with Gasteiger partial charge in [-0.25, -0.2) is 0 Å². The van der Waals surface area contributed by atoms with Gasteiger partial charge in [-0.2, -0.15) is 0 Å². The number of nitrogens with zero attached hydrogens (tertiary/aromatic N) is 1. The fraction of sp³-hybridized carbons (Fsp3) is 0.231. The molecule has 3 rings (SSSR count). The summed E-state index contributed by atoms with van der Waals surface area (Å²) in [5, 5.41) is 5.65. The molecule has 0 radical (unpaired) electrons. The SMILES string of the molecule is O=C1NCCCn2[nH]c(=O)cc2-c2ccccc21. The third-order valence-corrected chi connectivity index (χ3v) is 3.10. The van der Waals surface area contributed by atoms with Crippen molar-refractivity contribution in [3.05, 3.63) is 46.2 Å². The number of aryl methyl sites for hydroxylation is 1. The maximum absolute atomic E-state index is 12.0. The van der Waals surface area contributed by atoms with Gasteiger partial charge in [0.05, 0.1) is 5.69 Å². The summed E-state index contributed by atoms with van der Waals surface area (Å²) >= 11 is 0. The van der Waals surface area contributed by atoms with Gasteiger partial charge in [-0.1, -0.05) is 18.2 Å². The molecule has 1 aliphatic heterocycles. The fourth-order valence-corrected chi connectivity index (χ4v) is 2.27. The molecule has 0 saturated carbocycles. The Morgan fingerprint density at radius 2 is 1.89 bits per heavy atom. The van der Waals surface area contributed by atoms with Gasteiger partial charge in [-0.15, -0.1) is 0 Å². The van der Waals surface area contributed by atoms with E-state index in [1.807, 2.05) is 18.2 Å². The minimum absolute atomic E-state index is 0.0901. The number of rotatable bonds is 0. The monoisotopic (exact) mass is 243 g/mol. The van der Waals surface area contributed by atoms with Crippen LogP contribution in [0, 0.1) is 0 Å². The number of aromatic amines is 1. The number of amides is 1. The van der Waals surface area contributed by atoms with Gasteiger partial charge in [-0.3, -0.25) is 19.4 Å². The number of benzene rings is 1. The van der Waals surface area contributed by atoms with Crippen molar-refractivity contribution < 1.29 is 4.79 Å². The Morgan fingerprint density at radius 1 is 1.11 bits per heavy atom. The summed E-state index contributed by atoms with van der Waals surface area (Å²) in [5.74, 6) is -0.0901. The number of aromatic nitrogens is 2. The number of fused-ring (bicyclic) bond motifs is 3. The Bertz CT molecular complexity index is 654. The standard InChI is InChI=1S/C13H13N3O2/c17-12-8-11-9-4-1-2-5-10(9)13(18)14-6-3-7-16(11)15-12/h1-2,4-5,8H,3,6-7H2,(H,14,18)(H,15,17). The zero-order valence-electron chi connectivity index (χ0n) is 9.77. The van der Waals surface area contributed by atoms with E-state index in [0.717, 1.165) is 17.7 Å². The van der Waals surface area contributed by atoms with Crippen LogP contribution in [0.2, 0.25) is 0 Å². The van der Waals surface area contributed by atoms with E-state index in [9.17, 15) is 9.59 Å². The molecular formula is C13H13N3O2. The smallest absolute Gasteiger partial charge is 0.264 e. The second-order valence-corrected chi connectivity index (χ2v) is 4.31. The first kappa shape index (κ1) is 10.8. The highest BCUT2D eigenvalue weighted by atomic mass is 16.1. The zero-order valence-corrected chi connectivity index (χ0v) is 9.77. The molecule has 2 N–H and O–H groups in total. The molecule has 1 aliphatic rings. The molecule has 92 valence electrons. The van der Waals surface area contributed by atoms with E-state index in [2.05, 4.69) is 10.4 Å². The molecular weight excluding hydrogens is 230 g/mol. The molecule has 0 bridgehead atoms. The summed E-state index contributed by atoms with van der Waals surface area (Å²) in [6.07, 6.45) is 0.789. The van der Waals surface area contributed by atoms with Crippen LogP contribution in [-0.4, -0.2) is 22.2 Å². The number of H-pyrrole nitrogens is 1. The van der Waals surface area contributed by atoms with E-state index in [-0.39, 0.29) is 11.5 Å². The van der Waals surface area contributed by atoms with E-state index in [0.29, 0.717) is 18.7 Å². The summed E-state index contributed by atoms with van der Waals surface area (Å²) in [6.45, 7) is 1.29. The third kappa shape index (κ3) is 1.73. The Labute approximate surface area is 103 Å². The quantitative estimate of drug-likeness (QED) is 0.724. The first-order chi connectivity index (χ1) is 8.75. The van der Waals surface area contributed by atoms with Gasteiger partial charge in [0, 0.05) is 30.3 Å². The third-order valence-electron chi connectivity index (χ3n) is 3.10. The molecule has 0 atom stereocenters. The van der Waals surface area contributed by atoms with Crippen LogP contribution in [-0.2, 0) is 6.54 Å². The van der Waals surface area contributed by atoms with Gasteiger partial charge in [-0.05, 0) is 12.5 Å². The van der Waals surface area contributed by atoms with Gasteiger partial charge in [0.25, 0.3) is 11.5 Å². The van der Waals surface area contributed by atoms with Crippen molar-refractivity contribution in [2.75, 3.05) is 6.54 Å².